The van der Waals surface area contributed by atoms with Crippen LogP contribution in [-0.2, 0) is 18.3 Å². The van der Waals surface area contributed by atoms with Gasteiger partial charge in [0.1, 0.15) is 11.8 Å². The monoisotopic (exact) mass is 523 g/mol. The van der Waals surface area contributed by atoms with Gasteiger partial charge in [-0.05, 0) is 43.2 Å². The Balaban J connectivity index is 2.02. The fourth-order valence-corrected chi connectivity index (χ4v) is 6.02. The second-order valence-electron chi connectivity index (χ2n) is 12.6. The average molecular weight is 524 g/mol. The van der Waals surface area contributed by atoms with Crippen molar-refractivity contribution in [3.8, 4) is 0 Å². The van der Waals surface area contributed by atoms with Crippen molar-refractivity contribution in [2.75, 3.05) is 18.9 Å². The number of hydrogen-bond acceptors (Lipinski definition) is 8. The van der Waals surface area contributed by atoms with Gasteiger partial charge in [0.2, 0.25) is 0 Å². The molecule has 0 spiro atoms. The van der Waals surface area contributed by atoms with E-state index in [1.54, 1.807) is 6.33 Å². The van der Waals surface area contributed by atoms with Gasteiger partial charge >= 0.3 is 0 Å². The summed E-state index contributed by atoms with van der Waals surface area (Å²) in [4.78, 5) is 13.0. The van der Waals surface area contributed by atoms with Crippen LogP contribution in [0.25, 0.3) is 11.2 Å². The number of fused-ring (bicyclic) bond motifs is 1. The molecule has 0 bridgehead atoms. The number of imidazole rings is 1. The summed E-state index contributed by atoms with van der Waals surface area (Å²) in [5.41, 5.74) is 7.23. The summed E-state index contributed by atoms with van der Waals surface area (Å²) >= 11 is 0. The molecule has 3 heterocycles. The Kier molecular flexibility index (Phi) is 7.65. The molecule has 2 N–H and O–H groups in total. The Bertz CT molecular complexity index is 1030. The molecule has 0 amide bonds. The molecule has 1 saturated heterocycles. The van der Waals surface area contributed by atoms with Crippen molar-refractivity contribution in [3.63, 3.8) is 0 Å². The molecule has 9 nitrogen and oxygen atoms in total. The van der Waals surface area contributed by atoms with Crippen molar-refractivity contribution in [2.24, 2.45) is 0 Å². The zero-order valence-electron chi connectivity index (χ0n) is 23.4. The molecule has 0 aliphatic carbocycles. The molecule has 0 aromatic carbocycles. The summed E-state index contributed by atoms with van der Waals surface area (Å²) in [7, 11) is -4.17. The Morgan fingerprint density at radius 1 is 1.06 bits per heavy atom. The highest BCUT2D eigenvalue weighted by Gasteiger charge is 2.54. The van der Waals surface area contributed by atoms with E-state index in [0.717, 1.165) is 0 Å². The maximum absolute atomic E-state index is 6.95. The highest BCUT2D eigenvalue weighted by molar-refractivity contribution is 6.74. The Morgan fingerprint density at radius 3 is 2.26 bits per heavy atom. The Morgan fingerprint density at radius 2 is 1.69 bits per heavy atom. The van der Waals surface area contributed by atoms with Crippen LogP contribution in [0, 0.1) is 0 Å². The van der Waals surface area contributed by atoms with E-state index < -0.39 is 28.6 Å². The van der Waals surface area contributed by atoms with Gasteiger partial charge in [0.15, 0.2) is 40.1 Å². The number of nitrogens with two attached hydrogens (primary N) is 1. The maximum atomic E-state index is 6.95. The fraction of sp³-hybridized carbons (Fsp3) is 0.792. The molecule has 35 heavy (non-hydrogen) atoms. The number of hydrogen-bond donors (Lipinski definition) is 1. The van der Waals surface area contributed by atoms with Crippen molar-refractivity contribution in [1.29, 1.82) is 0 Å². The van der Waals surface area contributed by atoms with Gasteiger partial charge in [-0.15, -0.1) is 0 Å². The molecule has 0 unspecified atom stereocenters. The number of aromatic nitrogens is 4. The SMILES string of the molecule is CCO[C@@]1(CO[Si](C)(C)C(C)(C)C)C[C@@H](O[Si](C)(C)C(C)(C)C)[C@H](n2cnc3c(N)ncnc32)O1. The lowest BCUT2D eigenvalue weighted by Gasteiger charge is -2.40. The standard InChI is InChI=1S/C24H45N5O4Si2/c1-12-30-24(14-31-34(8,9)22(2,3)4)13-17(33-35(10,11)23(5,6)7)21(32-24)29-16-28-18-19(25)26-15-27-20(18)29/h15-17,21H,12-14H2,1-11H3,(H2,25,26,27)/t17-,21-,24+/m1/s1. The summed E-state index contributed by atoms with van der Waals surface area (Å²) in [6, 6.07) is 0. The highest BCUT2D eigenvalue weighted by atomic mass is 28.4. The van der Waals surface area contributed by atoms with Crippen LogP contribution < -0.4 is 5.73 Å². The van der Waals surface area contributed by atoms with E-state index in [9.17, 15) is 0 Å². The number of anilines is 1. The molecule has 0 saturated carbocycles. The topological polar surface area (TPSA) is 107 Å². The fourth-order valence-electron chi connectivity index (χ4n) is 3.70. The third kappa shape index (κ3) is 5.64. The summed E-state index contributed by atoms with van der Waals surface area (Å²) in [5, 5.41) is 0.111. The van der Waals surface area contributed by atoms with Gasteiger partial charge in [-0.1, -0.05) is 41.5 Å². The second-order valence-corrected chi connectivity index (χ2v) is 22.2. The van der Waals surface area contributed by atoms with E-state index >= 15 is 0 Å². The van der Waals surface area contributed by atoms with E-state index in [1.807, 2.05) is 11.5 Å². The van der Waals surface area contributed by atoms with E-state index in [1.165, 1.54) is 6.33 Å². The quantitative estimate of drug-likeness (QED) is 0.454. The van der Waals surface area contributed by atoms with E-state index in [4.69, 9.17) is 24.1 Å². The van der Waals surface area contributed by atoms with Gasteiger partial charge in [0.25, 0.3) is 0 Å². The third-order valence-corrected chi connectivity index (χ3v) is 16.9. The van der Waals surface area contributed by atoms with Gasteiger partial charge in [-0.2, -0.15) is 0 Å². The average Bonchev–Trinajstić information content (AvgIpc) is 3.27. The molecule has 2 aromatic rings. The van der Waals surface area contributed by atoms with Crippen molar-refractivity contribution in [3.05, 3.63) is 12.7 Å². The van der Waals surface area contributed by atoms with Gasteiger partial charge in [-0.3, -0.25) is 4.57 Å². The van der Waals surface area contributed by atoms with Crippen LogP contribution in [0.5, 0.6) is 0 Å². The molecule has 1 aliphatic rings. The number of nitrogens with zero attached hydrogens (tertiary/aromatic N) is 4. The van der Waals surface area contributed by atoms with Gasteiger partial charge in [0, 0.05) is 13.0 Å². The van der Waals surface area contributed by atoms with Crippen LogP contribution in [0.15, 0.2) is 12.7 Å². The number of rotatable bonds is 8. The minimum absolute atomic E-state index is 0.0374. The summed E-state index contributed by atoms with van der Waals surface area (Å²) in [5.74, 6) is -0.595. The molecule has 3 rings (SSSR count). The number of nitrogen functional groups attached to an aromatic ring is 1. The van der Waals surface area contributed by atoms with E-state index in [-0.39, 0.29) is 16.2 Å². The van der Waals surface area contributed by atoms with Crippen molar-refractivity contribution in [1.82, 2.24) is 19.5 Å². The smallest absolute Gasteiger partial charge is 0.195 e. The zero-order valence-corrected chi connectivity index (χ0v) is 25.4. The molecule has 1 aliphatic heterocycles. The Hall–Kier alpha value is -1.38. The molecule has 3 atom stereocenters. The molecule has 1 fully saturated rings. The first kappa shape index (κ1) is 28.2. The molecular formula is C24H45N5O4Si2. The third-order valence-electron chi connectivity index (χ3n) is 7.95. The molecular weight excluding hydrogens is 478 g/mol. The zero-order chi connectivity index (χ0) is 26.4. The van der Waals surface area contributed by atoms with Crippen molar-refractivity contribution < 1.29 is 18.3 Å². The van der Waals surface area contributed by atoms with Crippen LogP contribution in [0.1, 0.15) is 61.1 Å². The lowest BCUT2D eigenvalue weighted by Crippen LogP contribution is -2.48. The summed E-state index contributed by atoms with van der Waals surface area (Å²) in [6.07, 6.45) is 2.95. The van der Waals surface area contributed by atoms with Crippen LogP contribution in [0.2, 0.25) is 36.3 Å². The molecule has 198 valence electrons. The summed E-state index contributed by atoms with van der Waals surface area (Å²) in [6.45, 7) is 25.2. The molecule has 2 aromatic heterocycles. The van der Waals surface area contributed by atoms with Crippen molar-refractivity contribution in [2.45, 2.75) is 109 Å². The Labute approximate surface area is 212 Å². The van der Waals surface area contributed by atoms with Gasteiger partial charge < -0.3 is 24.1 Å². The van der Waals surface area contributed by atoms with E-state index in [0.29, 0.717) is 36.6 Å². The first-order valence-corrected chi connectivity index (χ1v) is 18.3. The molecule has 0 radical (unpaired) electrons. The lowest BCUT2D eigenvalue weighted by atomic mass is 10.1. The van der Waals surface area contributed by atoms with Gasteiger partial charge in [0.05, 0.1) is 19.0 Å². The van der Waals surface area contributed by atoms with Crippen LogP contribution in [-0.4, -0.2) is 61.3 Å². The minimum atomic E-state index is -2.14. The minimum Gasteiger partial charge on any atom is -0.411 e. The first-order valence-electron chi connectivity index (χ1n) is 12.5. The highest BCUT2D eigenvalue weighted by Crippen LogP contribution is 2.47. The van der Waals surface area contributed by atoms with Crippen LogP contribution in [0.3, 0.4) is 0 Å². The maximum Gasteiger partial charge on any atom is 0.195 e. The predicted octanol–water partition coefficient (Wildman–Crippen LogP) is 5.47. The van der Waals surface area contributed by atoms with Crippen LogP contribution in [0.4, 0.5) is 5.82 Å². The van der Waals surface area contributed by atoms with Crippen molar-refractivity contribution >= 4 is 33.6 Å². The molecule has 11 heteroatoms. The largest absolute Gasteiger partial charge is 0.411 e. The normalized spacial score (nSPS) is 24.4. The first-order chi connectivity index (χ1) is 15.9. The number of ether oxygens (including phenoxy) is 2. The summed E-state index contributed by atoms with van der Waals surface area (Å²) < 4.78 is 28.5. The van der Waals surface area contributed by atoms with Gasteiger partial charge in [-0.25, -0.2) is 15.0 Å². The second kappa shape index (κ2) is 9.49. The van der Waals surface area contributed by atoms with E-state index in [2.05, 4.69) is 82.7 Å². The van der Waals surface area contributed by atoms with Crippen LogP contribution >= 0.6 is 0 Å². The predicted molar refractivity (Wildman–Crippen MR) is 144 cm³/mol. The lowest BCUT2D eigenvalue weighted by molar-refractivity contribution is -0.251.